The van der Waals surface area contributed by atoms with Gasteiger partial charge in [-0.3, -0.25) is 9.59 Å². The second-order valence-electron chi connectivity index (χ2n) is 10.9. The molecule has 1 N–H and O–H groups in total. The lowest BCUT2D eigenvalue weighted by atomic mass is 9.45. The summed E-state index contributed by atoms with van der Waals surface area (Å²) in [4.78, 5) is 38.1. The van der Waals surface area contributed by atoms with Crippen LogP contribution in [0.4, 0.5) is 8.78 Å². The quantitative estimate of drug-likeness (QED) is 0.437. The first-order chi connectivity index (χ1) is 16.3. The van der Waals surface area contributed by atoms with Gasteiger partial charge in [0.1, 0.15) is 11.8 Å². The van der Waals surface area contributed by atoms with Crippen molar-refractivity contribution in [2.45, 2.75) is 63.9 Å². The number of aliphatic hydroxyl groups is 1. The lowest BCUT2D eigenvalue weighted by molar-refractivity contribution is -0.180. The van der Waals surface area contributed by atoms with Gasteiger partial charge in [-0.1, -0.05) is 13.8 Å². The molecule has 188 valence electrons. The molecule has 4 aliphatic carbocycles. The molecule has 4 unspecified atom stereocenters. The van der Waals surface area contributed by atoms with Crippen LogP contribution in [0, 0.1) is 28.6 Å². The number of esters is 1. The number of alkyl halides is 2. The van der Waals surface area contributed by atoms with Crippen molar-refractivity contribution in [3.05, 3.63) is 47.6 Å². The molecular weight excluding hydrogens is 478 g/mol. The van der Waals surface area contributed by atoms with Gasteiger partial charge in [-0.05, 0) is 68.4 Å². The number of carbonyl (C=O) groups is 3. The molecule has 5 rings (SSSR count). The highest BCUT2D eigenvalue weighted by Gasteiger charge is 2.75. The number of hydrogen-bond donors (Lipinski definition) is 2. The van der Waals surface area contributed by atoms with Crippen LogP contribution in [-0.4, -0.2) is 39.4 Å². The van der Waals surface area contributed by atoms with Gasteiger partial charge in [-0.25, -0.2) is 13.6 Å². The standard InChI is InChI=1S/C26H28F2O6S/c1-13-9-14-15-10-17(27)16-11-18(29)19(30)12-24(16,3)25(15,28)7-6-23(14,2)26(13,22(32)35)34-21(31)20-5-4-8-33-20/h4-5,8,11-15,17,30H,6-7,9-10H2,1-3H3,(H,32,35)/t13?,14-,15-,17?,23-,24-,25?,26?/m0/s1. The highest BCUT2D eigenvalue weighted by Crippen LogP contribution is 2.72. The van der Waals surface area contributed by atoms with Crippen molar-refractivity contribution >= 4 is 29.5 Å². The van der Waals surface area contributed by atoms with Crippen molar-refractivity contribution in [3.63, 3.8) is 0 Å². The van der Waals surface area contributed by atoms with E-state index in [9.17, 15) is 19.5 Å². The summed E-state index contributed by atoms with van der Waals surface area (Å²) in [6, 6.07) is 2.96. The smallest absolute Gasteiger partial charge is 0.375 e. The van der Waals surface area contributed by atoms with Gasteiger partial charge in [-0.15, -0.1) is 12.6 Å². The van der Waals surface area contributed by atoms with Crippen LogP contribution in [0.2, 0.25) is 0 Å². The summed E-state index contributed by atoms with van der Waals surface area (Å²) in [5.74, 6) is -4.07. The number of fused-ring (bicyclic) bond motifs is 5. The monoisotopic (exact) mass is 506 g/mol. The maximum atomic E-state index is 17.2. The maximum absolute atomic E-state index is 17.2. The number of hydrogen-bond acceptors (Lipinski definition) is 6. The highest BCUT2D eigenvalue weighted by atomic mass is 32.1. The molecule has 3 saturated carbocycles. The van der Waals surface area contributed by atoms with E-state index in [-0.39, 0.29) is 30.6 Å². The van der Waals surface area contributed by atoms with Crippen LogP contribution >= 0.6 is 12.6 Å². The Bertz CT molecular complexity index is 1180. The molecule has 6 nitrogen and oxygen atoms in total. The molecule has 1 aromatic rings. The third-order valence-electron chi connectivity index (χ3n) is 9.57. The summed E-state index contributed by atoms with van der Waals surface area (Å²) < 4.78 is 43.8. The number of aliphatic hydroxyl groups excluding tert-OH is 1. The Labute approximate surface area is 207 Å². The molecule has 3 fully saturated rings. The zero-order valence-electron chi connectivity index (χ0n) is 19.7. The zero-order chi connectivity index (χ0) is 25.6. The van der Waals surface area contributed by atoms with E-state index >= 15 is 8.78 Å². The minimum Gasteiger partial charge on any atom is -0.504 e. The van der Waals surface area contributed by atoms with Crippen molar-refractivity contribution in [1.29, 1.82) is 0 Å². The van der Waals surface area contributed by atoms with Crippen molar-refractivity contribution in [3.8, 4) is 0 Å². The molecule has 0 aliphatic heterocycles. The molecule has 35 heavy (non-hydrogen) atoms. The maximum Gasteiger partial charge on any atom is 0.375 e. The van der Waals surface area contributed by atoms with Crippen molar-refractivity contribution in [2.24, 2.45) is 28.6 Å². The van der Waals surface area contributed by atoms with Gasteiger partial charge in [-0.2, -0.15) is 0 Å². The van der Waals surface area contributed by atoms with Crippen LogP contribution in [0.25, 0.3) is 0 Å². The molecule has 1 heterocycles. The summed E-state index contributed by atoms with van der Waals surface area (Å²) in [6.45, 7) is 5.08. The number of carbonyl (C=O) groups excluding carboxylic acids is 3. The zero-order valence-corrected chi connectivity index (χ0v) is 20.6. The van der Waals surface area contributed by atoms with E-state index in [1.807, 2.05) is 0 Å². The first-order valence-corrected chi connectivity index (χ1v) is 12.3. The summed E-state index contributed by atoms with van der Waals surface area (Å²) in [7, 11) is 0. The molecule has 9 heteroatoms. The van der Waals surface area contributed by atoms with Crippen LogP contribution in [0.3, 0.4) is 0 Å². The molecule has 0 bridgehead atoms. The van der Waals surface area contributed by atoms with Crippen molar-refractivity contribution in [1.82, 2.24) is 0 Å². The topological polar surface area (TPSA) is 93.8 Å². The summed E-state index contributed by atoms with van der Waals surface area (Å²) >= 11 is 4.15. The van der Waals surface area contributed by atoms with E-state index in [2.05, 4.69) is 12.6 Å². The molecule has 8 atom stereocenters. The number of ether oxygens (including phenoxy) is 1. The third-order valence-corrected chi connectivity index (χ3v) is 9.90. The number of thiol groups is 1. The number of halogens is 2. The Morgan fingerprint density at radius 3 is 2.57 bits per heavy atom. The van der Waals surface area contributed by atoms with E-state index in [0.717, 1.165) is 12.2 Å². The van der Waals surface area contributed by atoms with Crippen molar-refractivity contribution in [2.75, 3.05) is 0 Å². The minimum absolute atomic E-state index is 0.0366. The summed E-state index contributed by atoms with van der Waals surface area (Å²) in [5, 5.41) is 9.52. The first-order valence-electron chi connectivity index (χ1n) is 11.8. The Morgan fingerprint density at radius 1 is 1.23 bits per heavy atom. The summed E-state index contributed by atoms with van der Waals surface area (Å²) in [5.41, 5.74) is -6.12. The van der Waals surface area contributed by atoms with E-state index < -0.39 is 68.7 Å². The lowest BCUT2D eigenvalue weighted by Crippen LogP contribution is -2.65. The second-order valence-corrected chi connectivity index (χ2v) is 11.3. The third kappa shape index (κ3) is 2.90. The SMILES string of the molecule is CC1C[C@H]2[C@@H]3CC(F)C4=CC(=O)C(O)=C[C@]4(C)C3(F)CC[C@]2(C)C1(OC(=O)c1ccco1)C(=O)S. The predicted octanol–water partition coefficient (Wildman–Crippen LogP) is 5.11. The Morgan fingerprint density at radius 2 is 1.94 bits per heavy atom. The molecule has 0 radical (unpaired) electrons. The van der Waals surface area contributed by atoms with E-state index in [0.29, 0.717) is 6.42 Å². The number of allylic oxidation sites excluding steroid dienone is 3. The van der Waals surface area contributed by atoms with Gasteiger partial charge in [0.2, 0.25) is 16.7 Å². The fourth-order valence-corrected chi connectivity index (χ4v) is 8.31. The molecule has 4 aliphatic rings. The molecule has 0 aromatic carbocycles. The first kappa shape index (κ1) is 24.3. The van der Waals surface area contributed by atoms with Crippen LogP contribution < -0.4 is 0 Å². The molecule has 1 aromatic heterocycles. The number of furan rings is 1. The lowest BCUT2D eigenvalue weighted by Gasteiger charge is -2.61. The van der Waals surface area contributed by atoms with Crippen molar-refractivity contribution < 1.29 is 37.4 Å². The molecule has 0 saturated heterocycles. The summed E-state index contributed by atoms with van der Waals surface area (Å²) in [6.07, 6.45) is 2.14. The van der Waals surface area contributed by atoms with Gasteiger partial charge in [0.25, 0.3) is 0 Å². The Hall–Kier alpha value is -2.42. The number of ketones is 1. The van der Waals surface area contributed by atoms with Gasteiger partial charge in [0.05, 0.1) is 6.26 Å². The van der Waals surface area contributed by atoms with Gasteiger partial charge in [0.15, 0.2) is 11.4 Å². The largest absolute Gasteiger partial charge is 0.504 e. The molecule has 0 spiro atoms. The normalized spacial score (nSPS) is 44.5. The van der Waals surface area contributed by atoms with E-state index in [1.165, 1.54) is 25.3 Å². The van der Waals surface area contributed by atoms with E-state index in [1.54, 1.807) is 13.8 Å². The molecule has 0 amide bonds. The molecular formula is C26H28F2O6S. The minimum atomic E-state index is -1.97. The van der Waals surface area contributed by atoms with Crippen LogP contribution in [0.15, 0.2) is 46.3 Å². The van der Waals surface area contributed by atoms with E-state index in [4.69, 9.17) is 9.15 Å². The Balaban J connectivity index is 1.59. The Kier molecular flexibility index (Phi) is 5.23. The van der Waals surface area contributed by atoms with Crippen LogP contribution in [0.5, 0.6) is 0 Å². The number of rotatable bonds is 3. The van der Waals surface area contributed by atoms with Gasteiger partial charge >= 0.3 is 5.97 Å². The fraction of sp³-hybridized carbons (Fsp3) is 0.577. The van der Waals surface area contributed by atoms with Gasteiger partial charge in [0, 0.05) is 22.7 Å². The predicted molar refractivity (Wildman–Crippen MR) is 124 cm³/mol. The fourth-order valence-electron chi connectivity index (χ4n) is 7.79. The second kappa shape index (κ2) is 7.54. The highest BCUT2D eigenvalue weighted by molar-refractivity contribution is 7.96. The van der Waals surface area contributed by atoms with Crippen LogP contribution in [-0.2, 0) is 14.3 Å². The van der Waals surface area contributed by atoms with Gasteiger partial charge < -0.3 is 14.3 Å². The average Bonchev–Trinajstić information content (AvgIpc) is 3.39. The average molecular weight is 507 g/mol. The van der Waals surface area contributed by atoms with Crippen LogP contribution in [0.1, 0.15) is 57.0 Å².